The summed E-state index contributed by atoms with van der Waals surface area (Å²) in [5.74, 6) is -1.42. The Morgan fingerprint density at radius 1 is 0.861 bits per heavy atom. The minimum absolute atomic E-state index is 0.0673. The van der Waals surface area contributed by atoms with Crippen molar-refractivity contribution in [3.8, 4) is 17.1 Å². The first kappa shape index (κ1) is 23.2. The van der Waals surface area contributed by atoms with E-state index >= 15 is 0 Å². The van der Waals surface area contributed by atoms with Gasteiger partial charge in [-0.05, 0) is 50.1 Å². The van der Waals surface area contributed by atoms with Crippen molar-refractivity contribution in [1.82, 2.24) is 4.90 Å². The molecule has 3 aromatic carbocycles. The second-order valence-electron chi connectivity index (χ2n) is 8.84. The van der Waals surface area contributed by atoms with E-state index in [0.29, 0.717) is 27.7 Å². The average molecular weight is 482 g/mol. The van der Waals surface area contributed by atoms with Gasteiger partial charge in [0.2, 0.25) is 11.2 Å². The molecule has 0 atom stereocenters. The highest BCUT2D eigenvalue weighted by atomic mass is 16.5. The number of carbonyl (C=O) groups is 3. The van der Waals surface area contributed by atoms with E-state index in [-0.39, 0.29) is 42.7 Å². The fraction of sp³-hybridized carbons (Fsp3) is 0.172. The van der Waals surface area contributed by atoms with Gasteiger partial charge in [-0.1, -0.05) is 48.0 Å². The number of amides is 2. The van der Waals surface area contributed by atoms with Gasteiger partial charge in [-0.3, -0.25) is 24.1 Å². The molecule has 0 saturated carbocycles. The Morgan fingerprint density at radius 3 is 2.17 bits per heavy atom. The fourth-order valence-electron chi connectivity index (χ4n) is 4.26. The first-order valence-electron chi connectivity index (χ1n) is 11.6. The van der Waals surface area contributed by atoms with Gasteiger partial charge in [0.15, 0.2) is 5.76 Å². The molecule has 0 radical (unpaired) electrons. The van der Waals surface area contributed by atoms with E-state index in [0.717, 1.165) is 16.0 Å². The predicted molar refractivity (Wildman–Crippen MR) is 134 cm³/mol. The molecular weight excluding hydrogens is 458 g/mol. The number of aryl methyl sites for hydroxylation is 2. The van der Waals surface area contributed by atoms with Crippen molar-refractivity contribution in [3.63, 3.8) is 0 Å². The van der Waals surface area contributed by atoms with Crippen LogP contribution in [0.2, 0.25) is 0 Å². The molecule has 1 aromatic heterocycles. The molecule has 7 heteroatoms. The molecule has 0 aliphatic carbocycles. The lowest BCUT2D eigenvalue weighted by atomic mass is 10.1. The monoisotopic (exact) mass is 481 g/mol. The van der Waals surface area contributed by atoms with Gasteiger partial charge in [-0.15, -0.1) is 0 Å². The molecule has 5 rings (SSSR count). The number of ether oxygens (including phenoxy) is 1. The molecule has 0 spiro atoms. The standard InChI is InChI=1S/C29H23NO6/c1-17-9-12-19(13-10-17)26-27(25(32)22-14-11-18(2)16-23(22)35-26)36-24(31)8-5-15-30-28(33)20-6-3-4-7-21(20)29(30)34/h3-4,6-7,9-14,16H,5,8,15H2,1-2H3. The van der Waals surface area contributed by atoms with Crippen LogP contribution in [0, 0.1) is 13.8 Å². The maximum atomic E-state index is 13.3. The lowest BCUT2D eigenvalue weighted by Gasteiger charge is -2.14. The molecular formula is C29H23NO6. The molecule has 36 heavy (non-hydrogen) atoms. The van der Waals surface area contributed by atoms with Crippen molar-refractivity contribution in [1.29, 1.82) is 0 Å². The van der Waals surface area contributed by atoms with Crippen LogP contribution in [0.3, 0.4) is 0 Å². The molecule has 0 fully saturated rings. The zero-order valence-electron chi connectivity index (χ0n) is 19.9. The summed E-state index contributed by atoms with van der Waals surface area (Å²) in [7, 11) is 0. The van der Waals surface area contributed by atoms with Crippen molar-refractivity contribution in [2.75, 3.05) is 6.54 Å². The van der Waals surface area contributed by atoms with Crippen molar-refractivity contribution in [2.45, 2.75) is 26.7 Å². The third-order valence-electron chi connectivity index (χ3n) is 6.18. The summed E-state index contributed by atoms with van der Waals surface area (Å²) < 4.78 is 11.6. The molecule has 180 valence electrons. The zero-order valence-corrected chi connectivity index (χ0v) is 19.9. The van der Waals surface area contributed by atoms with Gasteiger partial charge in [0.25, 0.3) is 11.8 Å². The Bertz CT molecular complexity index is 1550. The van der Waals surface area contributed by atoms with E-state index in [9.17, 15) is 19.2 Å². The van der Waals surface area contributed by atoms with Gasteiger partial charge in [-0.25, -0.2) is 0 Å². The molecule has 0 N–H and O–H groups in total. The Hall–Kier alpha value is -4.52. The summed E-state index contributed by atoms with van der Waals surface area (Å²) in [5, 5.41) is 0.310. The van der Waals surface area contributed by atoms with Gasteiger partial charge in [0.1, 0.15) is 5.58 Å². The predicted octanol–water partition coefficient (Wildman–Crippen LogP) is 5.06. The quantitative estimate of drug-likeness (QED) is 0.282. The van der Waals surface area contributed by atoms with Crippen LogP contribution in [0.5, 0.6) is 5.75 Å². The van der Waals surface area contributed by atoms with Crippen LogP contribution in [0.15, 0.2) is 75.9 Å². The Labute approximate surface area is 206 Å². The average Bonchev–Trinajstić information content (AvgIpc) is 3.11. The maximum absolute atomic E-state index is 13.3. The molecule has 2 heterocycles. The molecule has 0 saturated heterocycles. The van der Waals surface area contributed by atoms with Crippen molar-refractivity contribution < 1.29 is 23.5 Å². The van der Waals surface area contributed by atoms with E-state index < -0.39 is 11.4 Å². The van der Waals surface area contributed by atoms with E-state index in [1.165, 1.54) is 0 Å². The minimum Gasteiger partial charge on any atom is -0.452 e. The molecule has 7 nitrogen and oxygen atoms in total. The summed E-state index contributed by atoms with van der Waals surface area (Å²) in [6.45, 7) is 3.91. The minimum atomic E-state index is -0.654. The van der Waals surface area contributed by atoms with Gasteiger partial charge in [-0.2, -0.15) is 0 Å². The van der Waals surface area contributed by atoms with E-state index in [2.05, 4.69) is 0 Å². The molecule has 0 bridgehead atoms. The number of imide groups is 1. The van der Waals surface area contributed by atoms with E-state index in [4.69, 9.17) is 9.15 Å². The summed E-state index contributed by atoms with van der Waals surface area (Å²) in [6, 6.07) is 19.2. The Morgan fingerprint density at radius 2 is 1.50 bits per heavy atom. The third-order valence-corrected chi connectivity index (χ3v) is 6.18. The summed E-state index contributed by atoms with van der Waals surface area (Å²) in [5.41, 5.74) is 3.24. The number of esters is 1. The Kier molecular flexibility index (Phi) is 5.98. The van der Waals surface area contributed by atoms with Crippen LogP contribution < -0.4 is 10.2 Å². The summed E-state index contributed by atoms with van der Waals surface area (Å²) >= 11 is 0. The lowest BCUT2D eigenvalue weighted by Crippen LogP contribution is -2.31. The first-order valence-corrected chi connectivity index (χ1v) is 11.6. The molecule has 1 aliphatic heterocycles. The van der Waals surface area contributed by atoms with Crippen molar-refractivity contribution in [3.05, 3.63) is 99.2 Å². The van der Waals surface area contributed by atoms with Gasteiger partial charge >= 0.3 is 5.97 Å². The maximum Gasteiger partial charge on any atom is 0.311 e. The van der Waals surface area contributed by atoms with Crippen LogP contribution in [0.25, 0.3) is 22.3 Å². The largest absolute Gasteiger partial charge is 0.452 e. The van der Waals surface area contributed by atoms with E-state index in [1.807, 2.05) is 26.0 Å². The van der Waals surface area contributed by atoms with Crippen molar-refractivity contribution in [2.24, 2.45) is 0 Å². The molecule has 4 aromatic rings. The first-order chi connectivity index (χ1) is 17.3. The number of benzene rings is 3. The number of carbonyl (C=O) groups excluding carboxylic acids is 3. The topological polar surface area (TPSA) is 93.9 Å². The number of fused-ring (bicyclic) bond motifs is 2. The number of hydrogen-bond donors (Lipinski definition) is 0. The second-order valence-corrected chi connectivity index (χ2v) is 8.84. The van der Waals surface area contributed by atoms with Gasteiger partial charge in [0.05, 0.1) is 16.5 Å². The van der Waals surface area contributed by atoms with Crippen LogP contribution in [0.1, 0.15) is 44.7 Å². The fourth-order valence-corrected chi connectivity index (χ4v) is 4.26. The summed E-state index contributed by atoms with van der Waals surface area (Å²) in [6.07, 6.45) is 0.106. The van der Waals surface area contributed by atoms with Gasteiger partial charge < -0.3 is 9.15 Å². The lowest BCUT2D eigenvalue weighted by molar-refractivity contribution is -0.134. The number of nitrogens with zero attached hydrogens (tertiary/aromatic N) is 1. The van der Waals surface area contributed by atoms with E-state index in [1.54, 1.807) is 54.6 Å². The number of rotatable bonds is 6. The summed E-state index contributed by atoms with van der Waals surface area (Å²) in [4.78, 5) is 52.2. The van der Waals surface area contributed by atoms with Crippen LogP contribution in [0.4, 0.5) is 0 Å². The smallest absolute Gasteiger partial charge is 0.311 e. The van der Waals surface area contributed by atoms with Crippen LogP contribution in [-0.2, 0) is 4.79 Å². The van der Waals surface area contributed by atoms with Crippen LogP contribution >= 0.6 is 0 Å². The van der Waals surface area contributed by atoms with Crippen molar-refractivity contribution >= 4 is 28.8 Å². The molecule has 2 amide bonds. The second kappa shape index (κ2) is 9.26. The third kappa shape index (κ3) is 4.20. The SMILES string of the molecule is Cc1ccc(-c2oc3cc(C)ccc3c(=O)c2OC(=O)CCCN2C(=O)c3ccccc3C2=O)cc1. The highest BCUT2D eigenvalue weighted by Crippen LogP contribution is 2.32. The normalized spacial score (nSPS) is 12.8. The highest BCUT2D eigenvalue weighted by Gasteiger charge is 2.34. The van der Waals surface area contributed by atoms with Gasteiger partial charge in [0, 0.05) is 18.5 Å². The molecule has 1 aliphatic rings. The Balaban J connectivity index is 1.37. The van der Waals surface area contributed by atoms with Crippen LogP contribution in [-0.4, -0.2) is 29.2 Å². The highest BCUT2D eigenvalue weighted by molar-refractivity contribution is 6.21. The number of hydrogen-bond acceptors (Lipinski definition) is 6. The molecule has 0 unspecified atom stereocenters. The zero-order chi connectivity index (χ0) is 25.4.